The number of ether oxygens (including phenoxy) is 1. The fourth-order valence-electron chi connectivity index (χ4n) is 4.75. The molecule has 0 spiro atoms. The van der Waals surface area contributed by atoms with Gasteiger partial charge in [0.25, 0.3) is 0 Å². The van der Waals surface area contributed by atoms with Gasteiger partial charge in [0.1, 0.15) is 6.61 Å². The molecule has 4 amide bonds. The van der Waals surface area contributed by atoms with Crippen LogP contribution < -0.4 is 10.6 Å². The number of esters is 1. The summed E-state index contributed by atoms with van der Waals surface area (Å²) >= 11 is 6.28. The third kappa shape index (κ3) is 5.70. The summed E-state index contributed by atoms with van der Waals surface area (Å²) in [7, 11) is 0. The topological polar surface area (TPSA) is 91.0 Å². The minimum atomic E-state index is -0.292. The van der Waals surface area contributed by atoms with E-state index in [0.29, 0.717) is 37.5 Å². The van der Waals surface area contributed by atoms with Gasteiger partial charge < -0.3 is 25.2 Å². The summed E-state index contributed by atoms with van der Waals surface area (Å²) in [5.74, 6) is -0.376. The number of carbonyl (C=O) groups is 3. The predicted molar refractivity (Wildman–Crippen MR) is 135 cm³/mol. The number of likely N-dealkylation sites (tertiary alicyclic amines) is 1. The summed E-state index contributed by atoms with van der Waals surface area (Å²) in [5.41, 5.74) is 3.90. The van der Waals surface area contributed by atoms with Crippen LogP contribution in [-0.2, 0) is 16.1 Å². The maximum Gasteiger partial charge on any atom is 0.322 e. The molecule has 0 aromatic heterocycles. The minimum absolute atomic E-state index is 0.0839. The molecule has 2 atom stereocenters. The van der Waals surface area contributed by atoms with Crippen LogP contribution in [0.15, 0.2) is 42.5 Å². The Bertz CT molecular complexity index is 1110. The van der Waals surface area contributed by atoms with Crippen molar-refractivity contribution in [3.8, 4) is 0 Å². The van der Waals surface area contributed by atoms with Crippen molar-refractivity contribution in [3.63, 3.8) is 0 Å². The highest BCUT2D eigenvalue weighted by atomic mass is 35.5. The van der Waals surface area contributed by atoms with Crippen LogP contribution in [-0.4, -0.2) is 60.1 Å². The van der Waals surface area contributed by atoms with Crippen molar-refractivity contribution in [1.82, 2.24) is 15.1 Å². The molecule has 9 heteroatoms. The highest BCUT2D eigenvalue weighted by Crippen LogP contribution is 2.36. The molecule has 2 aromatic carbocycles. The summed E-state index contributed by atoms with van der Waals surface area (Å²) < 4.78 is 5.04. The predicted octanol–water partition coefficient (Wildman–Crippen LogP) is 4.52. The zero-order valence-corrected chi connectivity index (χ0v) is 20.8. The number of piperidine rings is 1. The number of carbonyl (C=O) groups excluding carboxylic acids is 3. The van der Waals surface area contributed by atoms with Gasteiger partial charge in [-0.25, -0.2) is 9.59 Å². The second-order valence-electron chi connectivity index (χ2n) is 8.94. The lowest BCUT2D eigenvalue weighted by Crippen LogP contribution is -2.56. The summed E-state index contributed by atoms with van der Waals surface area (Å²) in [6, 6.07) is 13.3. The zero-order valence-electron chi connectivity index (χ0n) is 20.1. The molecule has 2 N–H and O–H groups in total. The van der Waals surface area contributed by atoms with Gasteiger partial charge in [0.2, 0.25) is 0 Å². The minimum Gasteiger partial charge on any atom is -0.464 e. The second-order valence-corrected chi connectivity index (χ2v) is 9.35. The molecule has 2 aliphatic rings. The van der Waals surface area contributed by atoms with Gasteiger partial charge in [0, 0.05) is 48.7 Å². The molecular formula is C26H31ClN4O4. The Hall–Kier alpha value is -3.26. The molecule has 35 heavy (non-hydrogen) atoms. The van der Waals surface area contributed by atoms with E-state index in [2.05, 4.69) is 10.6 Å². The monoisotopic (exact) mass is 498 g/mol. The second kappa shape index (κ2) is 11.0. The molecule has 2 heterocycles. The Labute approximate surface area is 210 Å². The number of para-hydroxylation sites is 1. The molecule has 2 aliphatic heterocycles. The van der Waals surface area contributed by atoms with Crippen molar-refractivity contribution < 1.29 is 19.1 Å². The zero-order chi connectivity index (χ0) is 24.9. The fourth-order valence-corrected chi connectivity index (χ4v) is 4.87. The number of halogens is 1. The van der Waals surface area contributed by atoms with Gasteiger partial charge in [-0.15, -0.1) is 0 Å². The van der Waals surface area contributed by atoms with Crippen molar-refractivity contribution >= 4 is 35.3 Å². The largest absolute Gasteiger partial charge is 0.464 e. The number of anilines is 1. The van der Waals surface area contributed by atoms with Crippen LogP contribution in [0.25, 0.3) is 0 Å². The van der Waals surface area contributed by atoms with Gasteiger partial charge in [-0.1, -0.05) is 48.9 Å². The van der Waals surface area contributed by atoms with Crippen LogP contribution in [0, 0.1) is 6.92 Å². The van der Waals surface area contributed by atoms with Crippen LogP contribution >= 0.6 is 11.6 Å². The maximum atomic E-state index is 13.1. The summed E-state index contributed by atoms with van der Waals surface area (Å²) in [4.78, 5) is 40.9. The molecule has 0 bridgehead atoms. The van der Waals surface area contributed by atoms with Crippen LogP contribution in [0.4, 0.5) is 15.3 Å². The first kappa shape index (κ1) is 24.9. The van der Waals surface area contributed by atoms with E-state index >= 15 is 0 Å². The van der Waals surface area contributed by atoms with Crippen LogP contribution in [0.1, 0.15) is 42.4 Å². The van der Waals surface area contributed by atoms with E-state index in [1.165, 1.54) is 0 Å². The number of nitrogens with one attached hydrogen (secondary N) is 2. The fraction of sp³-hybridized carbons (Fsp3) is 0.423. The first-order valence-electron chi connectivity index (χ1n) is 12.0. The van der Waals surface area contributed by atoms with Crippen molar-refractivity contribution in [2.75, 3.05) is 31.6 Å². The molecule has 186 valence electrons. The Morgan fingerprint density at radius 3 is 2.80 bits per heavy atom. The van der Waals surface area contributed by atoms with E-state index in [9.17, 15) is 14.4 Å². The number of amides is 4. The highest BCUT2D eigenvalue weighted by molar-refractivity contribution is 6.31. The van der Waals surface area contributed by atoms with E-state index in [4.69, 9.17) is 16.3 Å². The number of urea groups is 2. The van der Waals surface area contributed by atoms with Gasteiger partial charge >= 0.3 is 18.0 Å². The number of hydrogen-bond donors (Lipinski definition) is 2. The number of benzene rings is 2. The molecule has 0 saturated carbocycles. The lowest BCUT2D eigenvalue weighted by atomic mass is 9.84. The normalized spacial score (nSPS) is 19.6. The summed E-state index contributed by atoms with van der Waals surface area (Å²) in [6.07, 6.45) is 0.943. The van der Waals surface area contributed by atoms with Crippen LogP contribution in [0.3, 0.4) is 0 Å². The first-order valence-corrected chi connectivity index (χ1v) is 12.3. The molecular weight excluding hydrogens is 468 g/mol. The number of nitrogens with zero attached hydrogens (tertiary/aromatic N) is 2. The average Bonchev–Trinajstić information content (AvgIpc) is 2.87. The number of hydrogen-bond acceptors (Lipinski definition) is 4. The SMILES string of the molecule is CCC(=O)OCCNC(=O)N1CCC(N2Cc3ccccc3NC2=O)C(c2ccc(Cl)c(C)c2)C1. The third-order valence-corrected chi connectivity index (χ3v) is 7.09. The smallest absolute Gasteiger partial charge is 0.322 e. The van der Waals surface area contributed by atoms with Gasteiger partial charge in [-0.3, -0.25) is 4.79 Å². The molecule has 8 nitrogen and oxygen atoms in total. The van der Waals surface area contributed by atoms with Crippen molar-refractivity contribution in [1.29, 1.82) is 0 Å². The quantitative estimate of drug-likeness (QED) is 0.452. The Kier molecular flexibility index (Phi) is 7.80. The first-order chi connectivity index (χ1) is 16.9. The lowest BCUT2D eigenvalue weighted by Gasteiger charge is -2.45. The molecule has 2 aromatic rings. The maximum absolute atomic E-state index is 13.1. The van der Waals surface area contributed by atoms with Gasteiger partial charge in [-0.05, 0) is 42.2 Å². The molecule has 1 saturated heterocycles. The Balaban J connectivity index is 1.51. The van der Waals surface area contributed by atoms with E-state index in [0.717, 1.165) is 22.4 Å². The van der Waals surface area contributed by atoms with E-state index in [-0.39, 0.29) is 43.1 Å². The van der Waals surface area contributed by atoms with Gasteiger partial charge in [0.05, 0.1) is 6.54 Å². The summed E-state index contributed by atoms with van der Waals surface area (Å²) in [6.45, 7) is 5.56. The highest BCUT2D eigenvalue weighted by Gasteiger charge is 2.39. The number of fused-ring (bicyclic) bond motifs is 1. The Morgan fingerprint density at radius 1 is 1.23 bits per heavy atom. The molecule has 2 unspecified atom stereocenters. The number of aryl methyl sites for hydroxylation is 1. The molecule has 4 rings (SSSR count). The van der Waals surface area contributed by atoms with Gasteiger partial charge in [0.15, 0.2) is 0 Å². The summed E-state index contributed by atoms with van der Waals surface area (Å²) in [5, 5.41) is 6.53. The molecule has 0 aliphatic carbocycles. The molecule has 1 fully saturated rings. The standard InChI is InChI=1S/C26H31ClN4O4/c1-3-24(32)35-13-11-28-25(33)30-12-10-23(20(16-30)18-8-9-21(27)17(2)14-18)31-15-19-6-4-5-7-22(19)29-26(31)34/h4-9,14,20,23H,3,10-13,15-16H2,1-2H3,(H,28,33)(H,29,34). The van der Waals surface area contributed by atoms with Gasteiger partial charge in [-0.2, -0.15) is 0 Å². The van der Waals surface area contributed by atoms with E-state index in [1.807, 2.05) is 54.3 Å². The van der Waals surface area contributed by atoms with Crippen molar-refractivity contribution in [3.05, 3.63) is 64.2 Å². The van der Waals surface area contributed by atoms with Crippen LogP contribution in [0.5, 0.6) is 0 Å². The molecule has 0 radical (unpaired) electrons. The Morgan fingerprint density at radius 2 is 2.03 bits per heavy atom. The van der Waals surface area contributed by atoms with E-state index in [1.54, 1.807) is 11.8 Å². The number of rotatable bonds is 6. The van der Waals surface area contributed by atoms with Crippen molar-refractivity contribution in [2.24, 2.45) is 0 Å². The third-order valence-electron chi connectivity index (χ3n) is 6.66. The lowest BCUT2D eigenvalue weighted by molar-refractivity contribution is -0.143. The van der Waals surface area contributed by atoms with E-state index < -0.39 is 0 Å². The average molecular weight is 499 g/mol. The van der Waals surface area contributed by atoms with Crippen LogP contribution in [0.2, 0.25) is 5.02 Å². The van der Waals surface area contributed by atoms with Crippen molar-refractivity contribution in [2.45, 2.75) is 45.2 Å².